The number of amides is 2. The highest BCUT2D eigenvalue weighted by Crippen LogP contribution is 2.21. The number of benzene rings is 1. The largest absolute Gasteiger partial charge is 0.497 e. The summed E-state index contributed by atoms with van der Waals surface area (Å²) in [6.07, 6.45) is 0. The van der Waals surface area contributed by atoms with Crippen molar-refractivity contribution in [2.45, 2.75) is 12.6 Å². The van der Waals surface area contributed by atoms with Crippen LogP contribution in [0.4, 0.5) is 10.5 Å². The number of methoxy groups -OCH3 is 1. The van der Waals surface area contributed by atoms with Gasteiger partial charge in [-0.15, -0.1) is 0 Å². The lowest BCUT2D eigenvalue weighted by molar-refractivity contribution is 0.116. The van der Waals surface area contributed by atoms with E-state index >= 15 is 0 Å². The molecule has 0 radical (unpaired) electrons. The van der Waals surface area contributed by atoms with Gasteiger partial charge >= 0.3 is 6.03 Å². The molecule has 0 saturated carbocycles. The number of nitrogens with two attached hydrogens (primary N) is 1. The van der Waals surface area contributed by atoms with E-state index in [9.17, 15) is 4.79 Å². The molecule has 1 unspecified atom stereocenters. The Morgan fingerprint density at radius 3 is 3.05 bits per heavy atom. The van der Waals surface area contributed by atoms with Crippen LogP contribution in [-0.4, -0.2) is 55.2 Å². The van der Waals surface area contributed by atoms with Crippen LogP contribution in [0, 0.1) is 0 Å². The lowest BCUT2D eigenvalue weighted by Gasteiger charge is -2.36. The third-order valence-electron chi connectivity index (χ3n) is 3.95. The highest BCUT2D eigenvalue weighted by Gasteiger charge is 2.35. The number of urea groups is 1. The summed E-state index contributed by atoms with van der Waals surface area (Å²) in [5.41, 5.74) is 7.75. The molecule has 0 spiro atoms. The minimum atomic E-state index is 0.0697. The van der Waals surface area contributed by atoms with Crippen molar-refractivity contribution in [3.63, 3.8) is 0 Å². The fraction of sp³-hybridized carbons (Fsp3) is 0.500. The molecule has 3 rings (SSSR count). The maximum absolute atomic E-state index is 11.6. The van der Waals surface area contributed by atoms with Gasteiger partial charge in [0.25, 0.3) is 0 Å². The quantitative estimate of drug-likeness (QED) is 0.788. The maximum atomic E-state index is 11.6. The molecule has 2 saturated heterocycles. The average Bonchev–Trinajstić information content (AvgIpc) is 2.79. The van der Waals surface area contributed by atoms with Crippen molar-refractivity contribution in [3.8, 4) is 5.75 Å². The molecular formula is C14H20N4O2. The van der Waals surface area contributed by atoms with Crippen LogP contribution in [0.5, 0.6) is 5.75 Å². The van der Waals surface area contributed by atoms with E-state index in [1.807, 2.05) is 23.1 Å². The third kappa shape index (κ3) is 2.51. The Morgan fingerprint density at radius 1 is 1.40 bits per heavy atom. The van der Waals surface area contributed by atoms with Crippen LogP contribution in [0.3, 0.4) is 0 Å². The number of nitrogen functional groups attached to an aromatic ring is 1. The summed E-state index contributed by atoms with van der Waals surface area (Å²) in [6, 6.07) is 6.17. The van der Waals surface area contributed by atoms with Gasteiger partial charge < -0.3 is 20.7 Å². The second kappa shape index (κ2) is 5.20. The fourth-order valence-corrected chi connectivity index (χ4v) is 2.97. The molecule has 0 bridgehead atoms. The Hall–Kier alpha value is -1.95. The van der Waals surface area contributed by atoms with Gasteiger partial charge in [-0.3, -0.25) is 4.90 Å². The molecule has 20 heavy (non-hydrogen) atoms. The zero-order valence-corrected chi connectivity index (χ0v) is 11.6. The number of nitrogens with one attached hydrogen (secondary N) is 1. The topological polar surface area (TPSA) is 70.8 Å². The summed E-state index contributed by atoms with van der Waals surface area (Å²) in [7, 11) is 1.65. The number of carbonyl (C=O) groups is 1. The summed E-state index contributed by atoms with van der Waals surface area (Å²) in [5, 5.41) is 2.89. The molecule has 3 N–H and O–H groups in total. The second-order valence-electron chi connectivity index (χ2n) is 5.38. The molecule has 6 nitrogen and oxygen atoms in total. The monoisotopic (exact) mass is 276 g/mol. The van der Waals surface area contributed by atoms with Crippen molar-refractivity contribution in [1.82, 2.24) is 15.1 Å². The Balaban J connectivity index is 1.67. The van der Waals surface area contributed by atoms with E-state index < -0.39 is 0 Å². The van der Waals surface area contributed by atoms with E-state index in [2.05, 4.69) is 10.2 Å². The number of fused-ring (bicyclic) bond motifs is 1. The van der Waals surface area contributed by atoms with Crippen molar-refractivity contribution in [2.24, 2.45) is 0 Å². The van der Waals surface area contributed by atoms with E-state index in [4.69, 9.17) is 10.5 Å². The van der Waals surface area contributed by atoms with Crippen molar-refractivity contribution in [1.29, 1.82) is 0 Å². The SMILES string of the molecule is COc1cc(N)cc(CN2CCN3C(=O)NCC3C2)c1. The van der Waals surface area contributed by atoms with Crippen LogP contribution < -0.4 is 15.8 Å². The van der Waals surface area contributed by atoms with Crippen molar-refractivity contribution in [3.05, 3.63) is 23.8 Å². The van der Waals surface area contributed by atoms with E-state index in [0.29, 0.717) is 6.04 Å². The van der Waals surface area contributed by atoms with Gasteiger partial charge in [0.2, 0.25) is 0 Å². The molecule has 2 heterocycles. The van der Waals surface area contributed by atoms with Crippen LogP contribution >= 0.6 is 0 Å². The summed E-state index contributed by atoms with van der Waals surface area (Å²) in [5.74, 6) is 0.788. The molecule has 0 aromatic heterocycles. The molecule has 2 amide bonds. The first-order valence-electron chi connectivity index (χ1n) is 6.86. The number of carbonyl (C=O) groups excluding carboxylic acids is 1. The summed E-state index contributed by atoms with van der Waals surface area (Å²) in [4.78, 5) is 15.8. The Labute approximate surface area is 118 Å². The predicted molar refractivity (Wildman–Crippen MR) is 76.6 cm³/mol. The van der Waals surface area contributed by atoms with Gasteiger partial charge in [0.1, 0.15) is 5.75 Å². The number of ether oxygens (including phenoxy) is 1. The Bertz CT molecular complexity index is 520. The number of hydrogen-bond acceptors (Lipinski definition) is 4. The molecular weight excluding hydrogens is 256 g/mol. The van der Waals surface area contributed by atoms with Gasteiger partial charge in [-0.2, -0.15) is 0 Å². The Morgan fingerprint density at radius 2 is 2.25 bits per heavy atom. The molecule has 108 valence electrons. The first-order chi connectivity index (χ1) is 9.65. The van der Waals surface area contributed by atoms with Crippen molar-refractivity contribution < 1.29 is 9.53 Å². The third-order valence-corrected chi connectivity index (χ3v) is 3.95. The molecule has 2 aliphatic rings. The molecule has 2 aliphatic heterocycles. The molecule has 2 fully saturated rings. The van der Waals surface area contributed by atoms with Crippen LogP contribution in [0.25, 0.3) is 0 Å². The molecule has 1 aromatic carbocycles. The molecule has 6 heteroatoms. The number of piperazine rings is 1. The molecule has 1 atom stereocenters. The van der Waals surface area contributed by atoms with Gasteiger partial charge in [-0.05, 0) is 17.7 Å². The lowest BCUT2D eigenvalue weighted by atomic mass is 10.1. The van der Waals surface area contributed by atoms with E-state index in [1.54, 1.807) is 7.11 Å². The van der Waals surface area contributed by atoms with Gasteiger partial charge in [0.15, 0.2) is 0 Å². The minimum absolute atomic E-state index is 0.0697. The fourth-order valence-electron chi connectivity index (χ4n) is 2.97. The Kier molecular flexibility index (Phi) is 3.40. The highest BCUT2D eigenvalue weighted by atomic mass is 16.5. The van der Waals surface area contributed by atoms with Crippen LogP contribution in [0.1, 0.15) is 5.56 Å². The van der Waals surface area contributed by atoms with Crippen LogP contribution in [-0.2, 0) is 6.54 Å². The van der Waals surface area contributed by atoms with Gasteiger partial charge in [0, 0.05) is 44.5 Å². The number of hydrogen-bond donors (Lipinski definition) is 2. The first-order valence-corrected chi connectivity index (χ1v) is 6.86. The highest BCUT2D eigenvalue weighted by molar-refractivity contribution is 5.77. The van der Waals surface area contributed by atoms with E-state index in [0.717, 1.165) is 49.7 Å². The van der Waals surface area contributed by atoms with E-state index in [-0.39, 0.29) is 6.03 Å². The van der Waals surface area contributed by atoms with Crippen LogP contribution in [0.2, 0.25) is 0 Å². The minimum Gasteiger partial charge on any atom is -0.497 e. The average molecular weight is 276 g/mol. The second-order valence-corrected chi connectivity index (χ2v) is 5.38. The van der Waals surface area contributed by atoms with Gasteiger partial charge in [-0.25, -0.2) is 4.79 Å². The summed E-state index contributed by atoms with van der Waals surface area (Å²) < 4.78 is 5.25. The van der Waals surface area contributed by atoms with Crippen molar-refractivity contribution >= 4 is 11.7 Å². The standard InChI is InChI=1S/C14H20N4O2/c1-20-13-5-10(4-11(15)6-13)8-17-2-3-18-12(9-17)7-16-14(18)19/h4-6,12H,2-3,7-9,15H2,1H3,(H,16,19). The maximum Gasteiger partial charge on any atom is 0.317 e. The van der Waals surface area contributed by atoms with Crippen molar-refractivity contribution in [2.75, 3.05) is 39.0 Å². The number of nitrogens with zero attached hydrogens (tertiary/aromatic N) is 2. The smallest absolute Gasteiger partial charge is 0.317 e. The first kappa shape index (κ1) is 13.1. The van der Waals surface area contributed by atoms with Crippen LogP contribution in [0.15, 0.2) is 18.2 Å². The molecule has 0 aliphatic carbocycles. The summed E-state index contributed by atoms with van der Waals surface area (Å²) >= 11 is 0. The molecule has 1 aromatic rings. The van der Waals surface area contributed by atoms with Gasteiger partial charge in [-0.1, -0.05) is 0 Å². The number of rotatable bonds is 3. The zero-order valence-electron chi connectivity index (χ0n) is 11.6. The lowest BCUT2D eigenvalue weighted by Crippen LogP contribution is -2.51. The number of anilines is 1. The van der Waals surface area contributed by atoms with E-state index in [1.165, 1.54) is 0 Å². The normalized spacial score (nSPS) is 22.6. The predicted octanol–water partition coefficient (Wildman–Crippen LogP) is 0.487. The summed E-state index contributed by atoms with van der Waals surface area (Å²) in [6.45, 7) is 4.16. The van der Waals surface area contributed by atoms with Gasteiger partial charge in [0.05, 0.1) is 13.2 Å². The zero-order chi connectivity index (χ0) is 14.1.